The first-order valence-corrected chi connectivity index (χ1v) is 12.1. The molecule has 0 amide bonds. The van der Waals surface area contributed by atoms with Crippen LogP contribution in [0.4, 0.5) is 4.39 Å². The van der Waals surface area contributed by atoms with Gasteiger partial charge in [-0.1, -0.05) is 17.7 Å². The average Bonchev–Trinajstić information content (AvgIpc) is 3.17. The number of sulfone groups is 1. The summed E-state index contributed by atoms with van der Waals surface area (Å²) >= 11 is 6.67. The van der Waals surface area contributed by atoms with E-state index in [-0.39, 0.29) is 21.8 Å². The maximum absolute atomic E-state index is 13.6. The number of aryl methyl sites for hydroxylation is 1. The van der Waals surface area contributed by atoms with Gasteiger partial charge in [0.1, 0.15) is 27.4 Å². The number of ketones is 1. The number of thiophene rings is 1. The third kappa shape index (κ3) is 4.47. The summed E-state index contributed by atoms with van der Waals surface area (Å²) in [6.07, 6.45) is 1.25. The first-order chi connectivity index (χ1) is 15.1. The van der Waals surface area contributed by atoms with E-state index < -0.39 is 32.7 Å². The topological polar surface area (TPSA) is 99.0 Å². The lowest BCUT2D eigenvalue weighted by molar-refractivity contribution is -0.116. The molecule has 3 aromatic heterocycles. The van der Waals surface area contributed by atoms with Crippen LogP contribution in [0.15, 0.2) is 57.7 Å². The third-order valence-electron chi connectivity index (χ3n) is 4.64. The van der Waals surface area contributed by atoms with Crippen molar-refractivity contribution in [3.63, 3.8) is 0 Å². The van der Waals surface area contributed by atoms with Crippen molar-refractivity contribution in [2.45, 2.75) is 17.6 Å². The summed E-state index contributed by atoms with van der Waals surface area (Å²) in [6.45, 7) is 1.63. The molecule has 32 heavy (non-hydrogen) atoms. The van der Waals surface area contributed by atoms with Crippen molar-refractivity contribution in [3.8, 4) is 5.82 Å². The first-order valence-electron chi connectivity index (χ1n) is 9.28. The Kier molecular flexibility index (Phi) is 5.93. The molecule has 0 unspecified atom stereocenters. The van der Waals surface area contributed by atoms with Gasteiger partial charge in [0, 0.05) is 12.6 Å². The molecule has 0 aliphatic carbocycles. The molecule has 0 atom stereocenters. The molecule has 0 spiro atoms. The molecule has 0 radical (unpaired) electrons. The zero-order valence-electron chi connectivity index (χ0n) is 16.6. The number of aromatic nitrogens is 3. The van der Waals surface area contributed by atoms with Crippen molar-refractivity contribution in [2.75, 3.05) is 5.75 Å². The maximum Gasteiger partial charge on any atom is 0.267 e. The van der Waals surface area contributed by atoms with Crippen molar-refractivity contribution < 1.29 is 17.6 Å². The number of halogens is 2. The molecule has 0 saturated heterocycles. The summed E-state index contributed by atoms with van der Waals surface area (Å²) in [5.74, 6) is -1.08. The SMILES string of the molecule is Cc1nc2ccc(F)cc2c(=O)n1-c1ccc(CC(=O)CS(=O)(=O)c2ccc(Cl)s2)cn1. The molecule has 164 valence electrons. The van der Waals surface area contributed by atoms with Crippen molar-refractivity contribution in [2.24, 2.45) is 0 Å². The lowest BCUT2D eigenvalue weighted by atomic mass is 10.1. The first kappa shape index (κ1) is 22.3. The van der Waals surface area contributed by atoms with E-state index in [1.165, 1.54) is 41.1 Å². The molecule has 11 heteroatoms. The Morgan fingerprint density at radius 3 is 2.62 bits per heavy atom. The minimum Gasteiger partial charge on any atom is -0.298 e. The van der Waals surface area contributed by atoms with E-state index in [2.05, 4.69) is 9.97 Å². The summed E-state index contributed by atoms with van der Waals surface area (Å²) in [4.78, 5) is 33.7. The standard InChI is InChI=1S/C21H15ClFN3O4S2/c1-12-25-17-4-3-14(23)9-16(17)21(28)26(12)19-6-2-13(10-24-19)8-15(27)11-32(29,30)20-7-5-18(22)31-20/h2-7,9-10H,8,11H2,1H3. The minimum atomic E-state index is -3.77. The third-order valence-corrected chi connectivity index (χ3v) is 8.13. The van der Waals surface area contributed by atoms with Gasteiger partial charge in [0.2, 0.25) is 0 Å². The summed E-state index contributed by atoms with van der Waals surface area (Å²) in [5, 5.41) is 0.121. The van der Waals surface area contributed by atoms with Crippen LogP contribution in [0.3, 0.4) is 0 Å². The van der Waals surface area contributed by atoms with Crippen LogP contribution in [0.2, 0.25) is 4.34 Å². The van der Waals surface area contributed by atoms with Gasteiger partial charge in [-0.15, -0.1) is 11.3 Å². The van der Waals surface area contributed by atoms with Gasteiger partial charge in [0.25, 0.3) is 5.56 Å². The molecule has 0 bridgehead atoms. The molecule has 0 aliphatic rings. The zero-order chi connectivity index (χ0) is 23.0. The average molecular weight is 492 g/mol. The molecule has 0 aliphatic heterocycles. The summed E-state index contributed by atoms with van der Waals surface area (Å²) in [6, 6.07) is 9.73. The molecule has 7 nitrogen and oxygen atoms in total. The van der Waals surface area contributed by atoms with Gasteiger partial charge in [-0.25, -0.2) is 27.3 Å². The number of carbonyl (C=O) groups is 1. The van der Waals surface area contributed by atoms with Gasteiger partial charge in [-0.3, -0.25) is 9.59 Å². The van der Waals surface area contributed by atoms with E-state index >= 15 is 0 Å². The number of rotatable bonds is 6. The molecule has 0 fully saturated rings. The number of Topliss-reactive ketones (excluding diaryl/α,β-unsaturated/α-hetero) is 1. The predicted octanol–water partition coefficient (Wildman–Crippen LogP) is 3.53. The molecule has 0 saturated carbocycles. The number of fused-ring (bicyclic) bond motifs is 1. The molecule has 0 N–H and O–H groups in total. The van der Waals surface area contributed by atoms with Gasteiger partial charge in [-0.2, -0.15) is 0 Å². The van der Waals surface area contributed by atoms with Gasteiger partial charge in [0.05, 0.1) is 15.2 Å². The highest BCUT2D eigenvalue weighted by Crippen LogP contribution is 2.26. The van der Waals surface area contributed by atoms with Gasteiger partial charge >= 0.3 is 0 Å². The van der Waals surface area contributed by atoms with Crippen LogP contribution in [0.25, 0.3) is 16.7 Å². The lowest BCUT2D eigenvalue weighted by Gasteiger charge is -2.10. The fraction of sp³-hybridized carbons (Fsp3) is 0.143. The van der Waals surface area contributed by atoms with E-state index in [0.717, 1.165) is 17.4 Å². The second-order valence-electron chi connectivity index (χ2n) is 7.02. The molecular formula is C21H15ClFN3O4S2. The van der Waals surface area contributed by atoms with Crippen molar-refractivity contribution in [3.05, 3.63) is 80.6 Å². The quantitative estimate of drug-likeness (QED) is 0.409. The van der Waals surface area contributed by atoms with E-state index in [4.69, 9.17) is 11.6 Å². The molecular weight excluding hydrogens is 477 g/mol. The zero-order valence-corrected chi connectivity index (χ0v) is 19.0. The van der Waals surface area contributed by atoms with Crippen molar-refractivity contribution >= 4 is 49.5 Å². The Bertz CT molecular complexity index is 1510. The van der Waals surface area contributed by atoms with E-state index in [0.29, 0.717) is 21.2 Å². The fourth-order valence-electron chi connectivity index (χ4n) is 3.22. The Balaban J connectivity index is 1.56. The van der Waals surface area contributed by atoms with Crippen LogP contribution >= 0.6 is 22.9 Å². The van der Waals surface area contributed by atoms with E-state index in [1.54, 1.807) is 13.0 Å². The van der Waals surface area contributed by atoms with Crippen LogP contribution in [0.1, 0.15) is 11.4 Å². The predicted molar refractivity (Wildman–Crippen MR) is 120 cm³/mol. The Labute approximate surface area is 191 Å². The van der Waals surface area contributed by atoms with Crippen LogP contribution in [0, 0.1) is 12.7 Å². The Hall–Kier alpha value is -2.95. The van der Waals surface area contributed by atoms with E-state index in [9.17, 15) is 22.4 Å². The summed E-state index contributed by atoms with van der Waals surface area (Å²) in [7, 11) is -3.77. The van der Waals surface area contributed by atoms with Gasteiger partial charge < -0.3 is 0 Å². The second-order valence-corrected chi connectivity index (χ2v) is 11.0. The van der Waals surface area contributed by atoms with Crippen LogP contribution in [0.5, 0.6) is 0 Å². The fourth-order valence-corrected chi connectivity index (χ4v) is 6.03. The van der Waals surface area contributed by atoms with E-state index in [1.807, 2.05) is 0 Å². The molecule has 1 aromatic carbocycles. The lowest BCUT2D eigenvalue weighted by Crippen LogP contribution is -2.23. The number of carbonyl (C=O) groups excluding carboxylic acids is 1. The summed E-state index contributed by atoms with van der Waals surface area (Å²) < 4.78 is 39.9. The number of hydrogen-bond donors (Lipinski definition) is 0. The maximum atomic E-state index is 13.6. The molecule has 3 heterocycles. The van der Waals surface area contributed by atoms with Crippen LogP contribution < -0.4 is 5.56 Å². The summed E-state index contributed by atoms with van der Waals surface area (Å²) in [5.41, 5.74) is 0.397. The largest absolute Gasteiger partial charge is 0.298 e. The molecule has 4 rings (SSSR count). The van der Waals surface area contributed by atoms with Crippen molar-refractivity contribution in [1.29, 1.82) is 0 Å². The second kappa shape index (κ2) is 8.53. The molecule has 4 aromatic rings. The van der Waals surface area contributed by atoms with Gasteiger partial charge in [-0.05, 0) is 48.9 Å². The number of hydrogen-bond acceptors (Lipinski definition) is 7. The highest BCUT2D eigenvalue weighted by Gasteiger charge is 2.21. The smallest absolute Gasteiger partial charge is 0.267 e. The van der Waals surface area contributed by atoms with Crippen LogP contribution in [-0.2, 0) is 21.1 Å². The highest BCUT2D eigenvalue weighted by atomic mass is 35.5. The van der Waals surface area contributed by atoms with Gasteiger partial charge in [0.15, 0.2) is 15.6 Å². The van der Waals surface area contributed by atoms with Crippen molar-refractivity contribution in [1.82, 2.24) is 14.5 Å². The number of pyridine rings is 1. The minimum absolute atomic E-state index is 0.0411. The number of nitrogens with zero attached hydrogens (tertiary/aromatic N) is 3. The Morgan fingerprint density at radius 2 is 1.97 bits per heavy atom. The Morgan fingerprint density at radius 1 is 1.19 bits per heavy atom. The normalized spacial score (nSPS) is 11.7. The van der Waals surface area contributed by atoms with Crippen LogP contribution in [-0.4, -0.2) is 34.5 Å². The number of benzene rings is 1. The highest BCUT2D eigenvalue weighted by molar-refractivity contribution is 7.94. The monoisotopic (exact) mass is 491 g/mol.